The molecule has 0 radical (unpaired) electrons. The number of carbonyl (C=O) groups excluding carboxylic acids is 1. The summed E-state index contributed by atoms with van der Waals surface area (Å²) in [7, 11) is 0. The molecule has 1 amide bonds. The second kappa shape index (κ2) is 4.60. The normalized spacial score (nSPS) is 34.6. The Kier molecular flexibility index (Phi) is 3.48. The minimum atomic E-state index is -0.238. The highest BCUT2D eigenvalue weighted by Crippen LogP contribution is 2.46. The maximum atomic E-state index is 12.2. The van der Waals surface area contributed by atoms with Crippen LogP contribution in [0.2, 0.25) is 0 Å². The zero-order valence-corrected chi connectivity index (χ0v) is 11.2. The van der Waals surface area contributed by atoms with Crippen molar-refractivity contribution in [2.45, 2.75) is 52.4 Å². The minimum Gasteiger partial charge on any atom is -0.355 e. The lowest BCUT2D eigenvalue weighted by atomic mass is 9.61. The summed E-state index contributed by atoms with van der Waals surface area (Å²) >= 11 is 0. The Morgan fingerprint density at radius 1 is 1.41 bits per heavy atom. The first-order valence-electron chi connectivity index (χ1n) is 7.04. The molecule has 0 bridgehead atoms. The van der Waals surface area contributed by atoms with E-state index < -0.39 is 0 Å². The van der Waals surface area contributed by atoms with Crippen molar-refractivity contribution in [3.63, 3.8) is 0 Å². The van der Waals surface area contributed by atoms with Gasteiger partial charge in [0.2, 0.25) is 5.91 Å². The van der Waals surface area contributed by atoms with Gasteiger partial charge < -0.3 is 11.1 Å². The Morgan fingerprint density at radius 2 is 2.06 bits per heavy atom. The van der Waals surface area contributed by atoms with Crippen LogP contribution in [0.4, 0.5) is 0 Å². The highest BCUT2D eigenvalue weighted by molar-refractivity contribution is 5.84. The molecular weight excluding hydrogens is 212 g/mol. The van der Waals surface area contributed by atoms with Crippen LogP contribution >= 0.6 is 0 Å². The second-order valence-electron chi connectivity index (χ2n) is 6.39. The summed E-state index contributed by atoms with van der Waals surface area (Å²) in [6.45, 7) is 5.79. The standard InChI is InChI=1S/C14H26N2O/c1-3-13(5-4-6-13)10-16-12(17)14(9-15)7-11(2)8-14/h11H,3-10,15H2,1-2H3,(H,16,17). The molecule has 0 heterocycles. The van der Waals surface area contributed by atoms with Crippen molar-refractivity contribution >= 4 is 5.91 Å². The highest BCUT2D eigenvalue weighted by Gasteiger charge is 2.47. The Labute approximate surface area is 105 Å². The van der Waals surface area contributed by atoms with Gasteiger partial charge in [-0.05, 0) is 43.4 Å². The van der Waals surface area contributed by atoms with Crippen molar-refractivity contribution < 1.29 is 4.79 Å². The zero-order chi connectivity index (χ0) is 12.5. The summed E-state index contributed by atoms with van der Waals surface area (Å²) < 4.78 is 0. The van der Waals surface area contributed by atoms with Crippen LogP contribution < -0.4 is 11.1 Å². The molecule has 2 rings (SSSR count). The number of amides is 1. The van der Waals surface area contributed by atoms with Crippen LogP contribution in [0.25, 0.3) is 0 Å². The van der Waals surface area contributed by atoms with Crippen LogP contribution in [-0.4, -0.2) is 19.0 Å². The third-order valence-corrected chi connectivity index (χ3v) is 5.14. The minimum absolute atomic E-state index is 0.206. The van der Waals surface area contributed by atoms with Crippen LogP contribution in [0.1, 0.15) is 52.4 Å². The molecule has 2 aliphatic rings. The first-order valence-corrected chi connectivity index (χ1v) is 7.04. The molecule has 0 aromatic heterocycles. The highest BCUT2D eigenvalue weighted by atomic mass is 16.2. The average molecular weight is 238 g/mol. The summed E-state index contributed by atoms with van der Waals surface area (Å²) in [5, 5.41) is 3.17. The third-order valence-electron chi connectivity index (χ3n) is 5.14. The molecule has 2 saturated carbocycles. The van der Waals surface area contributed by atoms with E-state index in [1.165, 1.54) is 25.7 Å². The first kappa shape index (κ1) is 12.9. The van der Waals surface area contributed by atoms with E-state index in [2.05, 4.69) is 19.2 Å². The van der Waals surface area contributed by atoms with Gasteiger partial charge in [0.15, 0.2) is 0 Å². The molecule has 0 saturated heterocycles. The van der Waals surface area contributed by atoms with Gasteiger partial charge in [0.1, 0.15) is 0 Å². The molecule has 0 unspecified atom stereocenters. The molecule has 0 aliphatic heterocycles. The van der Waals surface area contributed by atoms with Crippen molar-refractivity contribution in [1.29, 1.82) is 0 Å². The lowest BCUT2D eigenvalue weighted by Crippen LogP contribution is -2.55. The van der Waals surface area contributed by atoms with Crippen LogP contribution in [0.15, 0.2) is 0 Å². The molecule has 3 heteroatoms. The van der Waals surface area contributed by atoms with Gasteiger partial charge in [-0.15, -0.1) is 0 Å². The monoisotopic (exact) mass is 238 g/mol. The first-order chi connectivity index (χ1) is 8.06. The van der Waals surface area contributed by atoms with E-state index in [0.29, 0.717) is 17.9 Å². The number of carbonyl (C=O) groups is 1. The van der Waals surface area contributed by atoms with Gasteiger partial charge in [0, 0.05) is 13.1 Å². The van der Waals surface area contributed by atoms with Crippen molar-refractivity contribution in [1.82, 2.24) is 5.32 Å². The van der Waals surface area contributed by atoms with E-state index in [0.717, 1.165) is 19.4 Å². The molecule has 2 aliphatic carbocycles. The second-order valence-corrected chi connectivity index (χ2v) is 6.39. The molecule has 3 N–H and O–H groups in total. The number of nitrogens with one attached hydrogen (secondary N) is 1. The van der Waals surface area contributed by atoms with E-state index in [1.54, 1.807) is 0 Å². The van der Waals surface area contributed by atoms with Gasteiger partial charge in [-0.1, -0.05) is 20.3 Å². The molecule has 0 atom stereocenters. The van der Waals surface area contributed by atoms with E-state index >= 15 is 0 Å². The number of rotatable bonds is 5. The van der Waals surface area contributed by atoms with Gasteiger partial charge in [-0.2, -0.15) is 0 Å². The largest absolute Gasteiger partial charge is 0.355 e. The molecule has 0 aromatic rings. The number of hydrogen-bond donors (Lipinski definition) is 2. The summed E-state index contributed by atoms with van der Waals surface area (Å²) in [6.07, 6.45) is 6.98. The van der Waals surface area contributed by atoms with Gasteiger partial charge in [-0.3, -0.25) is 4.79 Å². The fraction of sp³-hybridized carbons (Fsp3) is 0.929. The fourth-order valence-corrected chi connectivity index (χ4v) is 3.51. The summed E-state index contributed by atoms with van der Waals surface area (Å²) in [6, 6.07) is 0. The summed E-state index contributed by atoms with van der Waals surface area (Å²) in [5.41, 5.74) is 5.96. The van der Waals surface area contributed by atoms with E-state index in [4.69, 9.17) is 5.73 Å². The lowest BCUT2D eigenvalue weighted by Gasteiger charge is -2.46. The molecule has 3 nitrogen and oxygen atoms in total. The van der Waals surface area contributed by atoms with Crippen LogP contribution in [0, 0.1) is 16.7 Å². The molecule has 17 heavy (non-hydrogen) atoms. The van der Waals surface area contributed by atoms with Crippen molar-refractivity contribution in [3.8, 4) is 0 Å². The average Bonchev–Trinajstić information content (AvgIpc) is 2.23. The maximum Gasteiger partial charge on any atom is 0.227 e. The predicted molar refractivity (Wildman–Crippen MR) is 69.5 cm³/mol. The maximum absolute atomic E-state index is 12.2. The van der Waals surface area contributed by atoms with Crippen LogP contribution in [0.5, 0.6) is 0 Å². The Balaban J connectivity index is 1.84. The molecule has 2 fully saturated rings. The molecular formula is C14H26N2O. The van der Waals surface area contributed by atoms with Crippen molar-refractivity contribution in [3.05, 3.63) is 0 Å². The Bertz CT molecular complexity index is 285. The Morgan fingerprint density at radius 3 is 2.41 bits per heavy atom. The van der Waals surface area contributed by atoms with Gasteiger partial charge in [0.05, 0.1) is 5.41 Å². The van der Waals surface area contributed by atoms with Crippen LogP contribution in [0.3, 0.4) is 0 Å². The quantitative estimate of drug-likeness (QED) is 0.770. The van der Waals surface area contributed by atoms with Gasteiger partial charge in [0.25, 0.3) is 0 Å². The molecule has 98 valence electrons. The van der Waals surface area contributed by atoms with Crippen LogP contribution in [-0.2, 0) is 4.79 Å². The Hall–Kier alpha value is -0.570. The predicted octanol–water partition coefficient (Wildman–Crippen LogP) is 2.06. The smallest absolute Gasteiger partial charge is 0.227 e. The lowest BCUT2D eigenvalue weighted by molar-refractivity contribution is -0.139. The molecule has 0 spiro atoms. The van der Waals surface area contributed by atoms with E-state index in [9.17, 15) is 4.79 Å². The van der Waals surface area contributed by atoms with E-state index in [1.807, 2.05) is 0 Å². The van der Waals surface area contributed by atoms with Crippen molar-refractivity contribution in [2.75, 3.05) is 13.1 Å². The van der Waals surface area contributed by atoms with Gasteiger partial charge >= 0.3 is 0 Å². The molecule has 0 aromatic carbocycles. The van der Waals surface area contributed by atoms with Crippen molar-refractivity contribution in [2.24, 2.45) is 22.5 Å². The number of hydrogen-bond acceptors (Lipinski definition) is 2. The third kappa shape index (κ3) is 2.22. The zero-order valence-electron chi connectivity index (χ0n) is 11.2. The summed E-state index contributed by atoms with van der Waals surface area (Å²) in [4.78, 5) is 12.2. The summed E-state index contributed by atoms with van der Waals surface area (Å²) in [5.74, 6) is 0.867. The van der Waals surface area contributed by atoms with Gasteiger partial charge in [-0.25, -0.2) is 0 Å². The topological polar surface area (TPSA) is 55.1 Å². The SMILES string of the molecule is CCC1(CNC(=O)C2(CN)CC(C)C2)CCC1. The number of nitrogens with two attached hydrogens (primary N) is 1. The fourth-order valence-electron chi connectivity index (χ4n) is 3.51. The van der Waals surface area contributed by atoms with E-state index in [-0.39, 0.29) is 11.3 Å².